The standard InChI is InChI=1S/C13H11BrS/c1-3-9-10-7-5-6-8-12(10)15-13(9)11(14)4-2/h3-8H,1H2,2H3/b11-4+. The fourth-order valence-corrected chi connectivity index (χ4v) is 3.21. The van der Waals surface area contributed by atoms with E-state index in [2.05, 4.69) is 52.9 Å². The second-order valence-corrected chi connectivity index (χ2v) is 5.09. The zero-order chi connectivity index (χ0) is 10.8. The van der Waals surface area contributed by atoms with E-state index < -0.39 is 0 Å². The van der Waals surface area contributed by atoms with Crippen molar-refractivity contribution >= 4 is 47.9 Å². The zero-order valence-corrected chi connectivity index (χ0v) is 10.9. The van der Waals surface area contributed by atoms with Crippen LogP contribution in [0.2, 0.25) is 0 Å². The predicted octanol–water partition coefficient (Wildman–Crippen LogP) is 5.30. The van der Waals surface area contributed by atoms with Gasteiger partial charge in [-0.15, -0.1) is 11.3 Å². The van der Waals surface area contributed by atoms with E-state index in [0.717, 1.165) is 4.48 Å². The number of benzene rings is 1. The molecule has 1 aromatic carbocycles. The van der Waals surface area contributed by atoms with E-state index in [1.54, 1.807) is 11.3 Å². The summed E-state index contributed by atoms with van der Waals surface area (Å²) in [7, 11) is 0. The van der Waals surface area contributed by atoms with Gasteiger partial charge in [-0.3, -0.25) is 0 Å². The van der Waals surface area contributed by atoms with Crippen molar-refractivity contribution in [3.63, 3.8) is 0 Å². The summed E-state index contributed by atoms with van der Waals surface area (Å²) in [5, 5.41) is 1.28. The first-order valence-corrected chi connectivity index (χ1v) is 6.35. The molecule has 0 bridgehead atoms. The van der Waals surface area contributed by atoms with E-state index in [1.807, 2.05) is 13.0 Å². The summed E-state index contributed by atoms with van der Waals surface area (Å²) < 4.78 is 2.44. The molecule has 1 heterocycles. The summed E-state index contributed by atoms with van der Waals surface area (Å²) in [6, 6.07) is 8.42. The van der Waals surface area contributed by atoms with Crippen molar-refractivity contribution in [2.75, 3.05) is 0 Å². The van der Waals surface area contributed by atoms with Gasteiger partial charge in [-0.2, -0.15) is 0 Å². The van der Waals surface area contributed by atoms with Crippen LogP contribution < -0.4 is 0 Å². The molecule has 0 fully saturated rings. The normalized spacial score (nSPS) is 12.0. The van der Waals surface area contributed by atoms with Crippen LogP contribution in [-0.2, 0) is 0 Å². The number of rotatable bonds is 2. The zero-order valence-electron chi connectivity index (χ0n) is 8.46. The van der Waals surface area contributed by atoms with Crippen LogP contribution in [-0.4, -0.2) is 0 Å². The monoisotopic (exact) mass is 278 g/mol. The van der Waals surface area contributed by atoms with Crippen molar-refractivity contribution in [3.8, 4) is 0 Å². The van der Waals surface area contributed by atoms with Gasteiger partial charge in [0.25, 0.3) is 0 Å². The fourth-order valence-electron chi connectivity index (χ4n) is 1.58. The molecule has 2 rings (SSSR count). The maximum Gasteiger partial charge on any atom is 0.0493 e. The molecule has 0 atom stereocenters. The van der Waals surface area contributed by atoms with Crippen molar-refractivity contribution in [1.29, 1.82) is 0 Å². The lowest BCUT2D eigenvalue weighted by molar-refractivity contribution is 1.76. The first kappa shape index (κ1) is 10.7. The Morgan fingerprint density at radius 3 is 2.80 bits per heavy atom. The molecule has 0 nitrogen and oxygen atoms in total. The highest BCUT2D eigenvalue weighted by atomic mass is 79.9. The smallest absolute Gasteiger partial charge is 0.0493 e. The summed E-state index contributed by atoms with van der Waals surface area (Å²) in [6.45, 7) is 5.92. The Balaban J connectivity index is 2.80. The Morgan fingerprint density at radius 2 is 2.13 bits per heavy atom. The largest absolute Gasteiger partial charge is 0.134 e. The summed E-state index contributed by atoms with van der Waals surface area (Å²) in [5.41, 5.74) is 1.22. The maximum atomic E-state index is 3.89. The Labute approximate surface area is 102 Å². The van der Waals surface area contributed by atoms with Crippen LogP contribution in [0.1, 0.15) is 17.4 Å². The first-order valence-electron chi connectivity index (χ1n) is 4.74. The van der Waals surface area contributed by atoms with Gasteiger partial charge in [0, 0.05) is 25.0 Å². The molecule has 15 heavy (non-hydrogen) atoms. The molecule has 0 radical (unpaired) electrons. The second-order valence-electron chi connectivity index (χ2n) is 3.18. The molecule has 1 aromatic heterocycles. The van der Waals surface area contributed by atoms with Crippen LogP contribution in [0, 0.1) is 0 Å². The second kappa shape index (κ2) is 4.33. The number of hydrogen-bond acceptors (Lipinski definition) is 1. The molecule has 0 saturated heterocycles. The number of allylic oxidation sites excluding steroid dienone is 1. The predicted molar refractivity (Wildman–Crippen MR) is 74.5 cm³/mol. The lowest BCUT2D eigenvalue weighted by Crippen LogP contribution is -1.74. The Morgan fingerprint density at radius 1 is 1.40 bits per heavy atom. The van der Waals surface area contributed by atoms with E-state index in [-0.39, 0.29) is 0 Å². The molecule has 2 heteroatoms. The highest BCUT2D eigenvalue weighted by Crippen LogP contribution is 2.38. The molecular formula is C13H11BrS. The molecule has 0 amide bonds. The van der Waals surface area contributed by atoms with Gasteiger partial charge < -0.3 is 0 Å². The molecule has 0 aliphatic carbocycles. The summed E-state index contributed by atoms with van der Waals surface area (Å²) >= 11 is 5.37. The number of hydrogen-bond donors (Lipinski definition) is 0. The quantitative estimate of drug-likeness (QED) is 0.699. The van der Waals surface area contributed by atoms with Gasteiger partial charge in [0.2, 0.25) is 0 Å². The van der Waals surface area contributed by atoms with E-state index >= 15 is 0 Å². The summed E-state index contributed by atoms with van der Waals surface area (Å²) in [4.78, 5) is 1.26. The SMILES string of the molecule is C=Cc1c(/C(Br)=C\C)sc2ccccc12. The third-order valence-electron chi connectivity index (χ3n) is 2.31. The van der Waals surface area contributed by atoms with E-state index in [9.17, 15) is 0 Å². The summed E-state index contributed by atoms with van der Waals surface area (Å²) in [6.07, 6.45) is 4.00. The topological polar surface area (TPSA) is 0 Å². The molecule has 0 spiro atoms. The average Bonchev–Trinajstić information content (AvgIpc) is 2.66. The Kier molecular flexibility index (Phi) is 3.08. The van der Waals surface area contributed by atoms with Gasteiger partial charge >= 0.3 is 0 Å². The molecule has 0 aliphatic rings. The molecule has 2 aromatic rings. The molecule has 0 aliphatic heterocycles. The van der Waals surface area contributed by atoms with Crippen molar-refractivity contribution in [2.45, 2.75) is 6.92 Å². The van der Waals surface area contributed by atoms with Gasteiger partial charge in [-0.25, -0.2) is 0 Å². The Bertz CT molecular complexity index is 534. The first-order chi connectivity index (χ1) is 7.27. The lowest BCUT2D eigenvalue weighted by Gasteiger charge is -1.96. The molecule has 76 valence electrons. The van der Waals surface area contributed by atoms with Crippen LogP contribution in [0.15, 0.2) is 36.9 Å². The highest BCUT2D eigenvalue weighted by Gasteiger charge is 2.10. The van der Waals surface area contributed by atoms with E-state index in [1.165, 1.54) is 20.5 Å². The maximum absolute atomic E-state index is 3.89. The highest BCUT2D eigenvalue weighted by molar-refractivity contribution is 9.15. The summed E-state index contributed by atoms with van der Waals surface area (Å²) in [5.74, 6) is 0. The van der Waals surface area contributed by atoms with Crippen LogP contribution in [0.4, 0.5) is 0 Å². The Hall–Kier alpha value is -0.860. The minimum atomic E-state index is 1.14. The van der Waals surface area contributed by atoms with Crippen LogP contribution >= 0.6 is 27.3 Å². The van der Waals surface area contributed by atoms with Crippen LogP contribution in [0.5, 0.6) is 0 Å². The van der Waals surface area contributed by atoms with E-state index in [0.29, 0.717) is 0 Å². The number of fused-ring (bicyclic) bond motifs is 1. The van der Waals surface area contributed by atoms with Gasteiger partial charge in [-0.1, -0.05) is 36.9 Å². The third-order valence-corrected chi connectivity index (χ3v) is 4.65. The van der Waals surface area contributed by atoms with Crippen molar-refractivity contribution in [3.05, 3.63) is 47.4 Å². The minimum absolute atomic E-state index is 1.14. The van der Waals surface area contributed by atoms with Crippen molar-refractivity contribution in [1.82, 2.24) is 0 Å². The average molecular weight is 279 g/mol. The number of thiophene rings is 1. The van der Waals surface area contributed by atoms with Gasteiger partial charge in [0.1, 0.15) is 0 Å². The molecule has 0 saturated carbocycles. The lowest BCUT2D eigenvalue weighted by atomic mass is 10.1. The minimum Gasteiger partial charge on any atom is -0.134 e. The molecular weight excluding hydrogens is 268 g/mol. The van der Waals surface area contributed by atoms with Crippen LogP contribution in [0.3, 0.4) is 0 Å². The van der Waals surface area contributed by atoms with Crippen LogP contribution in [0.25, 0.3) is 20.6 Å². The molecule has 0 N–H and O–H groups in total. The number of halogens is 1. The van der Waals surface area contributed by atoms with Crippen molar-refractivity contribution < 1.29 is 0 Å². The van der Waals surface area contributed by atoms with Crippen molar-refractivity contribution in [2.24, 2.45) is 0 Å². The van der Waals surface area contributed by atoms with E-state index in [4.69, 9.17) is 0 Å². The third kappa shape index (κ3) is 1.80. The van der Waals surface area contributed by atoms with Gasteiger partial charge in [-0.05, 0) is 28.9 Å². The molecule has 0 unspecified atom stereocenters. The fraction of sp³-hybridized carbons (Fsp3) is 0.0769. The van der Waals surface area contributed by atoms with Gasteiger partial charge in [0.15, 0.2) is 0 Å². The van der Waals surface area contributed by atoms with Gasteiger partial charge in [0.05, 0.1) is 0 Å².